The van der Waals surface area contributed by atoms with Gasteiger partial charge >= 0.3 is 0 Å². The van der Waals surface area contributed by atoms with Crippen LogP contribution in [0.2, 0.25) is 0 Å². The Hall–Kier alpha value is -1.19. The third-order valence-corrected chi connectivity index (χ3v) is 0.374. The minimum absolute atomic E-state index is 0.377. The Labute approximate surface area is 39.8 Å². The summed E-state index contributed by atoms with van der Waals surface area (Å²) in [6.07, 6.45) is 0.377. The highest BCUT2D eigenvalue weighted by Crippen LogP contribution is 1.56. The molecule has 0 aliphatic rings. The zero-order chi connectivity index (χ0) is 5.86. The molecular formula is C3H4N2O2. The van der Waals surface area contributed by atoms with Gasteiger partial charge in [0.25, 0.3) is 11.7 Å². The number of hydrogen-bond acceptors (Lipinski definition) is 3. The monoisotopic (exact) mass is 100 g/mol. The van der Waals surface area contributed by atoms with Crippen LogP contribution in [0.4, 0.5) is 0 Å². The summed E-state index contributed by atoms with van der Waals surface area (Å²) in [5, 5.41) is 6.16. The molecule has 1 amide bonds. The standard InChI is InChI=1S/C3H4N2O2/c4-1-2(6)3(5)7/h1,4H,(H2,5,7). The largest absolute Gasteiger partial charge is 0.363 e. The topological polar surface area (TPSA) is 84.0 Å². The van der Waals surface area contributed by atoms with Gasteiger partial charge in [-0.05, 0) is 0 Å². The number of hydrogen-bond donors (Lipinski definition) is 2. The zero-order valence-electron chi connectivity index (χ0n) is 3.47. The Kier molecular flexibility index (Phi) is 1.72. The summed E-state index contributed by atoms with van der Waals surface area (Å²) in [7, 11) is 0. The molecule has 4 heteroatoms. The van der Waals surface area contributed by atoms with Crippen LogP contribution >= 0.6 is 0 Å². The van der Waals surface area contributed by atoms with Gasteiger partial charge in [-0.3, -0.25) is 9.59 Å². The zero-order valence-corrected chi connectivity index (χ0v) is 3.47. The predicted molar refractivity (Wildman–Crippen MR) is 23.0 cm³/mol. The van der Waals surface area contributed by atoms with Crippen molar-refractivity contribution in [1.82, 2.24) is 0 Å². The highest BCUT2D eigenvalue weighted by atomic mass is 16.2. The molecule has 0 aliphatic carbocycles. The molecule has 0 rings (SSSR count). The van der Waals surface area contributed by atoms with Crippen LogP contribution in [0, 0.1) is 5.41 Å². The Bertz CT molecular complexity index is 118. The van der Waals surface area contributed by atoms with Crippen molar-refractivity contribution in [2.45, 2.75) is 0 Å². The van der Waals surface area contributed by atoms with Crippen LogP contribution < -0.4 is 5.73 Å². The van der Waals surface area contributed by atoms with E-state index in [1.807, 2.05) is 0 Å². The molecule has 0 unspecified atom stereocenters. The lowest BCUT2D eigenvalue weighted by Gasteiger charge is -1.76. The molecule has 0 aromatic carbocycles. The van der Waals surface area contributed by atoms with E-state index < -0.39 is 11.7 Å². The first-order valence-electron chi connectivity index (χ1n) is 1.52. The summed E-state index contributed by atoms with van der Waals surface area (Å²) in [5.74, 6) is -2.06. The van der Waals surface area contributed by atoms with Gasteiger partial charge in [-0.15, -0.1) is 0 Å². The summed E-state index contributed by atoms with van der Waals surface area (Å²) >= 11 is 0. The van der Waals surface area contributed by atoms with Crippen molar-refractivity contribution < 1.29 is 9.59 Å². The van der Waals surface area contributed by atoms with Crippen molar-refractivity contribution in [1.29, 1.82) is 5.41 Å². The average Bonchev–Trinajstić information content (AvgIpc) is 1.65. The summed E-state index contributed by atoms with van der Waals surface area (Å²) in [5.41, 5.74) is 4.41. The Morgan fingerprint density at radius 2 is 2.00 bits per heavy atom. The summed E-state index contributed by atoms with van der Waals surface area (Å²) in [4.78, 5) is 19.4. The van der Waals surface area contributed by atoms with E-state index in [4.69, 9.17) is 5.41 Å². The summed E-state index contributed by atoms with van der Waals surface area (Å²) < 4.78 is 0. The molecule has 0 saturated carbocycles. The predicted octanol–water partition coefficient (Wildman–Crippen LogP) is -1.31. The van der Waals surface area contributed by atoms with Gasteiger partial charge in [0, 0.05) is 0 Å². The fourth-order valence-electron chi connectivity index (χ4n) is 0.0711. The molecule has 0 aromatic rings. The second kappa shape index (κ2) is 2.07. The molecule has 0 atom stereocenters. The maximum absolute atomic E-state index is 9.79. The normalized spacial score (nSPS) is 7.43. The van der Waals surface area contributed by atoms with Crippen molar-refractivity contribution in [3.8, 4) is 0 Å². The van der Waals surface area contributed by atoms with Crippen molar-refractivity contribution in [2.75, 3.05) is 0 Å². The maximum Gasteiger partial charge on any atom is 0.290 e. The average molecular weight is 100 g/mol. The Balaban J connectivity index is 3.81. The van der Waals surface area contributed by atoms with Gasteiger partial charge < -0.3 is 11.1 Å². The van der Waals surface area contributed by atoms with Gasteiger partial charge in [0.1, 0.15) is 0 Å². The molecule has 0 radical (unpaired) electrons. The van der Waals surface area contributed by atoms with E-state index in [1.165, 1.54) is 0 Å². The first-order valence-corrected chi connectivity index (χ1v) is 1.52. The highest BCUT2D eigenvalue weighted by molar-refractivity contribution is 6.57. The van der Waals surface area contributed by atoms with Crippen molar-refractivity contribution in [3.05, 3.63) is 0 Å². The van der Waals surface area contributed by atoms with E-state index in [1.54, 1.807) is 0 Å². The number of Topliss-reactive ketones (excluding diaryl/α,β-unsaturated/α-hetero) is 1. The Morgan fingerprint density at radius 3 is 2.00 bits per heavy atom. The molecule has 0 saturated heterocycles. The van der Waals surface area contributed by atoms with E-state index in [2.05, 4.69) is 5.73 Å². The van der Waals surface area contributed by atoms with Gasteiger partial charge in [-0.2, -0.15) is 0 Å². The number of carbonyl (C=O) groups excluding carboxylic acids is 2. The van der Waals surface area contributed by atoms with Gasteiger partial charge in [0.15, 0.2) is 0 Å². The third kappa shape index (κ3) is 1.64. The van der Waals surface area contributed by atoms with Crippen LogP contribution in [0.1, 0.15) is 0 Å². The number of carbonyl (C=O) groups is 2. The molecule has 0 spiro atoms. The molecule has 0 bridgehead atoms. The molecule has 38 valence electrons. The van der Waals surface area contributed by atoms with E-state index >= 15 is 0 Å². The first kappa shape index (κ1) is 5.81. The van der Waals surface area contributed by atoms with Crippen molar-refractivity contribution in [2.24, 2.45) is 5.73 Å². The third-order valence-electron chi connectivity index (χ3n) is 0.374. The van der Waals surface area contributed by atoms with E-state index in [9.17, 15) is 9.59 Å². The number of primary amides is 1. The van der Waals surface area contributed by atoms with Crippen LogP contribution in [0.15, 0.2) is 0 Å². The molecular weight excluding hydrogens is 96.0 g/mol. The minimum atomic E-state index is -1.09. The molecule has 4 nitrogen and oxygen atoms in total. The van der Waals surface area contributed by atoms with E-state index in [0.717, 1.165) is 0 Å². The quantitative estimate of drug-likeness (QED) is 0.333. The summed E-state index contributed by atoms with van der Waals surface area (Å²) in [6.45, 7) is 0. The minimum Gasteiger partial charge on any atom is -0.363 e. The van der Waals surface area contributed by atoms with Gasteiger partial charge in [0.2, 0.25) is 0 Å². The van der Waals surface area contributed by atoms with Gasteiger partial charge in [0.05, 0.1) is 6.21 Å². The number of nitrogens with two attached hydrogens (primary N) is 1. The van der Waals surface area contributed by atoms with Gasteiger partial charge in [-0.25, -0.2) is 0 Å². The number of nitrogens with one attached hydrogen (secondary N) is 1. The number of amides is 1. The fraction of sp³-hybridized carbons (Fsp3) is 0. The fourth-order valence-corrected chi connectivity index (χ4v) is 0.0711. The van der Waals surface area contributed by atoms with Crippen LogP contribution in [-0.4, -0.2) is 17.9 Å². The number of rotatable bonds is 2. The van der Waals surface area contributed by atoms with Crippen LogP contribution in [-0.2, 0) is 9.59 Å². The molecule has 7 heavy (non-hydrogen) atoms. The second-order valence-electron chi connectivity index (χ2n) is 0.873. The molecule has 0 aliphatic heterocycles. The molecule has 0 heterocycles. The van der Waals surface area contributed by atoms with Crippen LogP contribution in [0.3, 0.4) is 0 Å². The van der Waals surface area contributed by atoms with Crippen molar-refractivity contribution in [3.63, 3.8) is 0 Å². The van der Waals surface area contributed by atoms with Crippen molar-refractivity contribution >= 4 is 17.9 Å². The lowest BCUT2D eigenvalue weighted by molar-refractivity contribution is -0.131. The lowest BCUT2D eigenvalue weighted by atomic mass is 10.4. The molecule has 0 fully saturated rings. The molecule has 0 aromatic heterocycles. The highest BCUT2D eigenvalue weighted by Gasteiger charge is 2.00. The SMILES string of the molecule is N=CC(=O)C(N)=O. The maximum atomic E-state index is 9.79. The number of ketones is 1. The van der Waals surface area contributed by atoms with Gasteiger partial charge in [-0.1, -0.05) is 0 Å². The lowest BCUT2D eigenvalue weighted by Crippen LogP contribution is -2.23. The van der Waals surface area contributed by atoms with E-state index in [-0.39, 0.29) is 0 Å². The van der Waals surface area contributed by atoms with E-state index in [0.29, 0.717) is 6.21 Å². The smallest absolute Gasteiger partial charge is 0.290 e. The Morgan fingerprint density at radius 1 is 1.57 bits per heavy atom. The first-order chi connectivity index (χ1) is 3.18. The summed E-state index contributed by atoms with van der Waals surface area (Å²) in [6, 6.07) is 0. The van der Waals surface area contributed by atoms with Crippen LogP contribution in [0.25, 0.3) is 0 Å². The molecule has 3 N–H and O–H groups in total. The van der Waals surface area contributed by atoms with Crippen LogP contribution in [0.5, 0.6) is 0 Å². The second-order valence-corrected chi connectivity index (χ2v) is 0.873.